The number of aryl methyl sites for hydroxylation is 1. The fraction of sp³-hybridized carbons (Fsp3) is 0.692. The van der Waals surface area contributed by atoms with Gasteiger partial charge in [0.2, 0.25) is 10.0 Å². The van der Waals surface area contributed by atoms with Gasteiger partial charge in [-0.3, -0.25) is 4.90 Å². The summed E-state index contributed by atoms with van der Waals surface area (Å²) in [5.41, 5.74) is 6.45. The second-order valence-electron chi connectivity index (χ2n) is 5.01. The molecule has 21 heavy (non-hydrogen) atoms. The van der Waals surface area contributed by atoms with E-state index in [1.54, 1.807) is 12.3 Å². The van der Waals surface area contributed by atoms with Gasteiger partial charge in [-0.1, -0.05) is 0 Å². The van der Waals surface area contributed by atoms with E-state index in [4.69, 9.17) is 10.5 Å². The Hall–Kier alpha value is -0.930. The molecule has 1 aliphatic rings. The van der Waals surface area contributed by atoms with Gasteiger partial charge in [0.1, 0.15) is 0 Å². The van der Waals surface area contributed by atoms with Gasteiger partial charge in [0, 0.05) is 51.2 Å². The van der Waals surface area contributed by atoms with Crippen LogP contribution in [0.15, 0.2) is 17.2 Å². The Balaban J connectivity index is 1.93. The Morgan fingerprint density at radius 1 is 1.38 bits per heavy atom. The van der Waals surface area contributed by atoms with Crippen molar-refractivity contribution in [1.82, 2.24) is 14.2 Å². The summed E-state index contributed by atoms with van der Waals surface area (Å²) < 4.78 is 34.3. The number of hydrogen-bond donors (Lipinski definition) is 2. The van der Waals surface area contributed by atoms with Gasteiger partial charge >= 0.3 is 0 Å². The van der Waals surface area contributed by atoms with E-state index < -0.39 is 10.0 Å². The van der Waals surface area contributed by atoms with Crippen LogP contribution >= 0.6 is 0 Å². The minimum Gasteiger partial charge on any atom is -0.379 e. The highest BCUT2D eigenvalue weighted by Gasteiger charge is 2.18. The molecule has 0 aromatic carbocycles. The van der Waals surface area contributed by atoms with Gasteiger partial charge in [0.25, 0.3) is 0 Å². The third-order valence-corrected chi connectivity index (χ3v) is 5.07. The van der Waals surface area contributed by atoms with E-state index in [1.807, 2.05) is 11.5 Å². The molecule has 7 nitrogen and oxygen atoms in total. The number of aromatic nitrogens is 1. The molecule has 1 aromatic rings. The third-order valence-electron chi connectivity index (χ3n) is 3.64. The molecular formula is C13H24N4O3S. The van der Waals surface area contributed by atoms with Crippen molar-refractivity contribution in [2.75, 3.05) is 39.4 Å². The molecule has 0 bridgehead atoms. The zero-order valence-electron chi connectivity index (χ0n) is 12.4. The summed E-state index contributed by atoms with van der Waals surface area (Å²) in [7, 11) is -3.47. The quantitative estimate of drug-likeness (QED) is 0.713. The number of hydrogen-bond acceptors (Lipinski definition) is 5. The second-order valence-corrected chi connectivity index (χ2v) is 6.78. The molecule has 0 saturated carbocycles. The summed E-state index contributed by atoms with van der Waals surface area (Å²) in [6.45, 7) is 7.22. The molecule has 2 heterocycles. The van der Waals surface area contributed by atoms with Gasteiger partial charge in [0.05, 0.1) is 18.1 Å². The maximum Gasteiger partial charge on any atom is 0.242 e. The molecule has 8 heteroatoms. The van der Waals surface area contributed by atoms with Crippen molar-refractivity contribution in [3.05, 3.63) is 18.0 Å². The Morgan fingerprint density at radius 2 is 2.10 bits per heavy atom. The van der Waals surface area contributed by atoms with Crippen molar-refractivity contribution < 1.29 is 13.2 Å². The molecule has 0 atom stereocenters. The first-order chi connectivity index (χ1) is 10.1. The van der Waals surface area contributed by atoms with E-state index in [1.165, 1.54) is 0 Å². The SMILES string of the molecule is CCn1cc(S(=O)(=O)NCCN2CCOCC2)cc1CN. The van der Waals surface area contributed by atoms with Gasteiger partial charge < -0.3 is 15.0 Å². The maximum atomic E-state index is 12.3. The van der Waals surface area contributed by atoms with Crippen LogP contribution in [0.25, 0.3) is 0 Å². The van der Waals surface area contributed by atoms with Crippen LogP contribution < -0.4 is 10.5 Å². The summed E-state index contributed by atoms with van der Waals surface area (Å²) in [5, 5.41) is 0. The summed E-state index contributed by atoms with van der Waals surface area (Å²) in [6, 6.07) is 1.64. The molecule has 0 radical (unpaired) electrons. The summed E-state index contributed by atoms with van der Waals surface area (Å²) >= 11 is 0. The first-order valence-electron chi connectivity index (χ1n) is 7.25. The van der Waals surface area contributed by atoms with Crippen LogP contribution in [-0.2, 0) is 27.8 Å². The van der Waals surface area contributed by atoms with Gasteiger partial charge in [-0.05, 0) is 13.0 Å². The normalized spacial score (nSPS) is 17.2. The van der Waals surface area contributed by atoms with E-state index in [2.05, 4.69) is 9.62 Å². The Bertz CT molecular complexity index is 528. The number of sulfonamides is 1. The molecule has 1 fully saturated rings. The molecule has 1 aromatic heterocycles. The lowest BCUT2D eigenvalue weighted by Crippen LogP contribution is -2.41. The van der Waals surface area contributed by atoms with E-state index in [0.717, 1.165) is 18.8 Å². The number of nitrogens with one attached hydrogen (secondary N) is 1. The van der Waals surface area contributed by atoms with Crippen molar-refractivity contribution in [3.8, 4) is 0 Å². The molecule has 120 valence electrons. The molecule has 0 amide bonds. The lowest BCUT2D eigenvalue weighted by Gasteiger charge is -2.26. The monoisotopic (exact) mass is 316 g/mol. The van der Waals surface area contributed by atoms with Crippen LogP contribution in [0, 0.1) is 0 Å². The Labute approximate surface area is 126 Å². The largest absolute Gasteiger partial charge is 0.379 e. The van der Waals surface area contributed by atoms with Gasteiger partial charge in [-0.2, -0.15) is 0 Å². The standard InChI is InChI=1S/C13H24N4O3S/c1-2-17-11-13(9-12(17)10-14)21(18,19)15-3-4-16-5-7-20-8-6-16/h9,11,15H,2-8,10,14H2,1H3. The molecule has 3 N–H and O–H groups in total. The lowest BCUT2D eigenvalue weighted by molar-refractivity contribution is 0.0390. The molecule has 0 unspecified atom stereocenters. The van der Waals surface area contributed by atoms with E-state index in [9.17, 15) is 8.42 Å². The van der Waals surface area contributed by atoms with Crippen molar-refractivity contribution in [3.63, 3.8) is 0 Å². The number of morpholine rings is 1. The first-order valence-corrected chi connectivity index (χ1v) is 8.74. The molecular weight excluding hydrogens is 292 g/mol. The zero-order valence-corrected chi connectivity index (χ0v) is 13.2. The predicted octanol–water partition coefficient (Wildman–Crippen LogP) is -0.423. The Morgan fingerprint density at radius 3 is 2.67 bits per heavy atom. The van der Waals surface area contributed by atoms with E-state index >= 15 is 0 Å². The summed E-state index contributed by atoms with van der Waals surface area (Å²) in [6.07, 6.45) is 1.64. The van der Waals surface area contributed by atoms with Crippen molar-refractivity contribution >= 4 is 10.0 Å². The van der Waals surface area contributed by atoms with Crippen LogP contribution in [0.3, 0.4) is 0 Å². The molecule has 1 aliphatic heterocycles. The van der Waals surface area contributed by atoms with Crippen LogP contribution in [0.4, 0.5) is 0 Å². The number of rotatable bonds is 7. The number of nitrogens with zero attached hydrogens (tertiary/aromatic N) is 2. The molecule has 2 rings (SSSR count). The fourth-order valence-electron chi connectivity index (χ4n) is 2.38. The van der Waals surface area contributed by atoms with Crippen molar-refractivity contribution in [2.24, 2.45) is 5.73 Å². The minimum atomic E-state index is -3.47. The lowest BCUT2D eigenvalue weighted by atomic mass is 10.4. The maximum absolute atomic E-state index is 12.3. The van der Waals surface area contributed by atoms with Gasteiger partial charge in [-0.15, -0.1) is 0 Å². The van der Waals surface area contributed by atoms with Gasteiger partial charge in [-0.25, -0.2) is 13.1 Å². The first kappa shape index (κ1) is 16.4. The number of ether oxygens (including phenoxy) is 1. The predicted molar refractivity (Wildman–Crippen MR) is 80.4 cm³/mol. The molecule has 0 aliphatic carbocycles. The fourth-order valence-corrected chi connectivity index (χ4v) is 3.47. The van der Waals surface area contributed by atoms with Crippen LogP contribution in [0.2, 0.25) is 0 Å². The average molecular weight is 316 g/mol. The average Bonchev–Trinajstić information content (AvgIpc) is 2.92. The molecule has 1 saturated heterocycles. The smallest absolute Gasteiger partial charge is 0.242 e. The third kappa shape index (κ3) is 4.27. The zero-order chi connectivity index (χ0) is 15.3. The highest BCUT2D eigenvalue weighted by molar-refractivity contribution is 7.89. The second kappa shape index (κ2) is 7.37. The minimum absolute atomic E-state index is 0.284. The topological polar surface area (TPSA) is 89.6 Å². The molecule has 0 spiro atoms. The highest BCUT2D eigenvalue weighted by atomic mass is 32.2. The van der Waals surface area contributed by atoms with Crippen molar-refractivity contribution in [2.45, 2.75) is 24.9 Å². The summed E-state index contributed by atoms with van der Waals surface area (Å²) in [4.78, 5) is 2.47. The van der Waals surface area contributed by atoms with Gasteiger partial charge in [0.15, 0.2) is 0 Å². The number of nitrogens with two attached hydrogens (primary N) is 1. The van der Waals surface area contributed by atoms with Crippen LogP contribution in [0.5, 0.6) is 0 Å². The van der Waals surface area contributed by atoms with Crippen LogP contribution in [-0.4, -0.2) is 57.3 Å². The van der Waals surface area contributed by atoms with Crippen LogP contribution in [0.1, 0.15) is 12.6 Å². The highest BCUT2D eigenvalue weighted by Crippen LogP contribution is 2.14. The van der Waals surface area contributed by atoms with Crippen molar-refractivity contribution in [1.29, 1.82) is 0 Å². The van der Waals surface area contributed by atoms with E-state index in [-0.39, 0.29) is 4.90 Å². The summed E-state index contributed by atoms with van der Waals surface area (Å²) in [5.74, 6) is 0. The van der Waals surface area contributed by atoms with E-state index in [0.29, 0.717) is 39.4 Å². The Kier molecular flexibility index (Phi) is 5.77.